The molecule has 0 aliphatic carbocycles. The van der Waals surface area contributed by atoms with Crippen molar-refractivity contribution in [3.8, 4) is 11.5 Å². The lowest BCUT2D eigenvalue weighted by atomic mass is 9.98. The van der Waals surface area contributed by atoms with Crippen LogP contribution in [0.2, 0.25) is 0 Å². The summed E-state index contributed by atoms with van der Waals surface area (Å²) in [5.41, 5.74) is 3.47. The summed E-state index contributed by atoms with van der Waals surface area (Å²) >= 11 is 0. The smallest absolute Gasteiger partial charge is 0.248 e. The predicted molar refractivity (Wildman–Crippen MR) is 81.3 cm³/mol. The molecule has 1 fully saturated rings. The van der Waals surface area contributed by atoms with Gasteiger partial charge in [-0.25, -0.2) is 0 Å². The highest BCUT2D eigenvalue weighted by molar-refractivity contribution is 5.85. The number of benzene rings is 1. The number of nitrogens with zero attached hydrogens (tertiary/aromatic N) is 2. The van der Waals surface area contributed by atoms with Gasteiger partial charge in [0.2, 0.25) is 11.8 Å². The number of aromatic nitrogens is 2. The summed E-state index contributed by atoms with van der Waals surface area (Å²) in [6, 6.07) is 6.28. The molecule has 0 atom stereocenters. The summed E-state index contributed by atoms with van der Waals surface area (Å²) in [6.07, 6.45) is 2.16. The van der Waals surface area contributed by atoms with Crippen molar-refractivity contribution < 1.29 is 4.42 Å². The van der Waals surface area contributed by atoms with Crippen molar-refractivity contribution in [2.24, 2.45) is 0 Å². The van der Waals surface area contributed by atoms with Gasteiger partial charge in [0.15, 0.2) is 0 Å². The van der Waals surface area contributed by atoms with Crippen LogP contribution >= 0.6 is 12.4 Å². The molecule has 2 heterocycles. The van der Waals surface area contributed by atoms with Gasteiger partial charge < -0.3 is 9.73 Å². The fourth-order valence-electron chi connectivity index (χ4n) is 2.63. The van der Waals surface area contributed by atoms with E-state index >= 15 is 0 Å². The van der Waals surface area contributed by atoms with Gasteiger partial charge in [-0.05, 0) is 51.4 Å². The topological polar surface area (TPSA) is 51.0 Å². The van der Waals surface area contributed by atoms with Gasteiger partial charge in [0, 0.05) is 11.5 Å². The van der Waals surface area contributed by atoms with Crippen molar-refractivity contribution in [2.45, 2.75) is 32.6 Å². The molecular formula is C15H20ClN3O. The monoisotopic (exact) mass is 293 g/mol. The molecule has 0 spiro atoms. The Labute approximate surface area is 125 Å². The molecule has 0 unspecified atom stereocenters. The molecule has 0 bridgehead atoms. The van der Waals surface area contributed by atoms with Crippen molar-refractivity contribution in [2.75, 3.05) is 13.1 Å². The lowest BCUT2D eigenvalue weighted by Crippen LogP contribution is -2.26. The zero-order valence-electron chi connectivity index (χ0n) is 11.8. The van der Waals surface area contributed by atoms with Gasteiger partial charge in [0.05, 0.1) is 0 Å². The lowest BCUT2D eigenvalue weighted by Gasteiger charge is -2.18. The summed E-state index contributed by atoms with van der Waals surface area (Å²) in [4.78, 5) is 0. The maximum absolute atomic E-state index is 5.88. The van der Waals surface area contributed by atoms with Gasteiger partial charge in [-0.1, -0.05) is 17.7 Å². The van der Waals surface area contributed by atoms with Gasteiger partial charge in [-0.15, -0.1) is 22.6 Å². The van der Waals surface area contributed by atoms with Crippen LogP contribution in [0.3, 0.4) is 0 Å². The number of aryl methyl sites for hydroxylation is 2. The van der Waals surface area contributed by atoms with E-state index in [1.165, 1.54) is 11.1 Å². The third-order valence-electron chi connectivity index (χ3n) is 3.74. The van der Waals surface area contributed by atoms with Gasteiger partial charge in [-0.2, -0.15) is 0 Å². The number of halogens is 1. The Morgan fingerprint density at radius 3 is 2.60 bits per heavy atom. The van der Waals surface area contributed by atoms with E-state index in [-0.39, 0.29) is 12.4 Å². The Morgan fingerprint density at radius 2 is 1.90 bits per heavy atom. The second-order valence-electron chi connectivity index (χ2n) is 5.29. The van der Waals surface area contributed by atoms with Crippen molar-refractivity contribution in [3.05, 3.63) is 35.2 Å². The van der Waals surface area contributed by atoms with E-state index < -0.39 is 0 Å². The summed E-state index contributed by atoms with van der Waals surface area (Å²) in [5.74, 6) is 1.84. The minimum atomic E-state index is 0. The van der Waals surface area contributed by atoms with Crippen molar-refractivity contribution in [1.29, 1.82) is 0 Å². The van der Waals surface area contributed by atoms with Crippen LogP contribution in [0.25, 0.3) is 11.5 Å². The first-order chi connectivity index (χ1) is 9.24. The molecule has 0 saturated carbocycles. The Bertz CT molecular complexity index is 576. The van der Waals surface area contributed by atoms with E-state index in [0.29, 0.717) is 11.8 Å². The molecule has 1 aromatic carbocycles. The van der Waals surface area contributed by atoms with Crippen molar-refractivity contribution in [1.82, 2.24) is 15.5 Å². The number of piperidine rings is 1. The van der Waals surface area contributed by atoms with E-state index in [0.717, 1.165) is 37.4 Å². The molecule has 5 heteroatoms. The molecule has 2 aromatic rings. The minimum Gasteiger partial charge on any atom is -0.420 e. The molecule has 4 nitrogen and oxygen atoms in total. The average Bonchev–Trinajstić information content (AvgIpc) is 2.89. The number of rotatable bonds is 2. The second-order valence-corrected chi connectivity index (χ2v) is 5.29. The zero-order chi connectivity index (χ0) is 13.2. The molecule has 1 aliphatic rings. The Kier molecular flexibility index (Phi) is 4.78. The van der Waals surface area contributed by atoms with Crippen LogP contribution < -0.4 is 5.32 Å². The summed E-state index contributed by atoms with van der Waals surface area (Å²) in [6.45, 7) is 6.24. The van der Waals surface area contributed by atoms with Crippen LogP contribution in [0.1, 0.15) is 35.8 Å². The van der Waals surface area contributed by atoms with Crippen LogP contribution in [0.4, 0.5) is 0 Å². The highest BCUT2D eigenvalue weighted by atomic mass is 35.5. The van der Waals surface area contributed by atoms with E-state index in [2.05, 4.69) is 47.6 Å². The average molecular weight is 294 g/mol. The zero-order valence-corrected chi connectivity index (χ0v) is 12.7. The first kappa shape index (κ1) is 15.0. The van der Waals surface area contributed by atoms with E-state index in [9.17, 15) is 0 Å². The molecule has 1 aliphatic heterocycles. The highest BCUT2D eigenvalue weighted by Gasteiger charge is 2.21. The molecule has 0 amide bonds. The van der Waals surface area contributed by atoms with Gasteiger partial charge in [0.1, 0.15) is 0 Å². The van der Waals surface area contributed by atoms with Gasteiger partial charge >= 0.3 is 0 Å². The van der Waals surface area contributed by atoms with Crippen LogP contribution in [0.5, 0.6) is 0 Å². The Hall–Kier alpha value is -1.39. The first-order valence-electron chi connectivity index (χ1n) is 6.86. The molecular weight excluding hydrogens is 274 g/mol. The SMILES string of the molecule is Cc1ccc(-c2nnc(C3CCNCC3)o2)c(C)c1.Cl. The van der Waals surface area contributed by atoms with Crippen LogP contribution in [-0.2, 0) is 0 Å². The van der Waals surface area contributed by atoms with Crippen LogP contribution in [0.15, 0.2) is 22.6 Å². The molecule has 108 valence electrons. The van der Waals surface area contributed by atoms with Crippen LogP contribution in [-0.4, -0.2) is 23.3 Å². The second kappa shape index (κ2) is 6.37. The quantitative estimate of drug-likeness (QED) is 0.923. The number of hydrogen-bond donors (Lipinski definition) is 1. The largest absolute Gasteiger partial charge is 0.420 e. The third kappa shape index (κ3) is 3.02. The predicted octanol–water partition coefficient (Wildman–Crippen LogP) is 3.24. The molecule has 1 N–H and O–H groups in total. The first-order valence-corrected chi connectivity index (χ1v) is 6.86. The lowest BCUT2D eigenvalue weighted by molar-refractivity contribution is 0.378. The summed E-state index contributed by atoms with van der Waals surface area (Å²) in [7, 11) is 0. The molecule has 1 saturated heterocycles. The Balaban J connectivity index is 0.00000147. The maximum atomic E-state index is 5.88. The van der Waals surface area contributed by atoms with Gasteiger partial charge in [0.25, 0.3) is 0 Å². The fourth-order valence-corrected chi connectivity index (χ4v) is 2.63. The molecule has 1 aromatic heterocycles. The Morgan fingerprint density at radius 1 is 1.15 bits per heavy atom. The third-order valence-corrected chi connectivity index (χ3v) is 3.74. The number of nitrogens with one attached hydrogen (secondary N) is 1. The van der Waals surface area contributed by atoms with Crippen LogP contribution in [0, 0.1) is 13.8 Å². The molecule has 3 rings (SSSR count). The van der Waals surface area contributed by atoms with Crippen molar-refractivity contribution in [3.63, 3.8) is 0 Å². The minimum absolute atomic E-state index is 0. The fraction of sp³-hybridized carbons (Fsp3) is 0.467. The van der Waals surface area contributed by atoms with E-state index in [1.807, 2.05) is 0 Å². The van der Waals surface area contributed by atoms with E-state index in [1.54, 1.807) is 0 Å². The molecule has 0 radical (unpaired) electrons. The van der Waals surface area contributed by atoms with Gasteiger partial charge in [-0.3, -0.25) is 0 Å². The number of hydrogen-bond acceptors (Lipinski definition) is 4. The standard InChI is InChI=1S/C15H19N3O.ClH/c1-10-3-4-13(11(2)9-10)15-18-17-14(19-15)12-5-7-16-8-6-12;/h3-4,9,12,16H,5-8H2,1-2H3;1H. The summed E-state index contributed by atoms with van der Waals surface area (Å²) < 4.78 is 5.88. The van der Waals surface area contributed by atoms with E-state index in [4.69, 9.17) is 4.42 Å². The highest BCUT2D eigenvalue weighted by Crippen LogP contribution is 2.28. The normalized spacial score (nSPS) is 15.9. The van der Waals surface area contributed by atoms with Crippen molar-refractivity contribution >= 4 is 12.4 Å². The maximum Gasteiger partial charge on any atom is 0.248 e. The summed E-state index contributed by atoms with van der Waals surface area (Å²) in [5, 5.41) is 11.8. The molecule has 20 heavy (non-hydrogen) atoms.